The Morgan fingerprint density at radius 3 is 2.53 bits per heavy atom. The van der Waals surface area contributed by atoms with Gasteiger partial charge >= 0.3 is 17.8 Å². The highest BCUT2D eigenvalue weighted by atomic mass is 19.4. The van der Waals surface area contributed by atoms with Gasteiger partial charge in [-0.3, -0.25) is 9.78 Å². The van der Waals surface area contributed by atoms with Crippen molar-refractivity contribution in [3.63, 3.8) is 0 Å². The number of aromatic amines is 1. The summed E-state index contributed by atoms with van der Waals surface area (Å²) in [5.41, 5.74) is -2.67. The summed E-state index contributed by atoms with van der Waals surface area (Å²) < 4.78 is 44.6. The zero-order chi connectivity index (χ0) is 21.6. The van der Waals surface area contributed by atoms with Crippen molar-refractivity contribution in [3.8, 4) is 5.69 Å². The van der Waals surface area contributed by atoms with Gasteiger partial charge < -0.3 is 9.72 Å². The number of methoxy groups -OCH3 is 1. The van der Waals surface area contributed by atoms with E-state index in [0.717, 1.165) is 12.1 Å². The average Bonchev–Trinajstić information content (AvgIpc) is 2.72. The maximum atomic E-state index is 13.1. The SMILES string of the molecule is COC(=O)c1ccc2cncc(-n3c(=O)[nH]c4ccc(C(F)(F)F)cc4c3=O)c2c1. The lowest BCUT2D eigenvalue weighted by atomic mass is 10.1. The average molecular weight is 415 g/mol. The lowest BCUT2D eigenvalue weighted by Gasteiger charge is -2.11. The molecule has 1 N–H and O–H groups in total. The lowest BCUT2D eigenvalue weighted by Crippen LogP contribution is -2.34. The molecule has 4 rings (SSSR count). The number of rotatable bonds is 2. The van der Waals surface area contributed by atoms with Crippen molar-refractivity contribution >= 4 is 27.6 Å². The fraction of sp³-hybridized carbons (Fsp3) is 0.100. The molecule has 2 heterocycles. The Morgan fingerprint density at radius 2 is 1.83 bits per heavy atom. The highest BCUT2D eigenvalue weighted by Gasteiger charge is 2.31. The van der Waals surface area contributed by atoms with E-state index in [1.165, 1.54) is 31.6 Å². The van der Waals surface area contributed by atoms with Crippen molar-refractivity contribution in [1.29, 1.82) is 0 Å². The largest absolute Gasteiger partial charge is 0.465 e. The smallest absolute Gasteiger partial charge is 0.416 e. The van der Waals surface area contributed by atoms with Gasteiger partial charge in [0.15, 0.2) is 0 Å². The molecule has 7 nitrogen and oxygen atoms in total. The van der Waals surface area contributed by atoms with Gasteiger partial charge in [-0.15, -0.1) is 0 Å². The molecule has 10 heteroatoms. The number of esters is 1. The molecule has 0 aliphatic heterocycles. The summed E-state index contributed by atoms with van der Waals surface area (Å²) in [6.07, 6.45) is -1.97. The van der Waals surface area contributed by atoms with Gasteiger partial charge in [0.2, 0.25) is 0 Å². The van der Waals surface area contributed by atoms with E-state index >= 15 is 0 Å². The van der Waals surface area contributed by atoms with Gasteiger partial charge in [0, 0.05) is 17.0 Å². The number of ether oxygens (including phenoxy) is 1. The maximum Gasteiger partial charge on any atom is 0.416 e. The Morgan fingerprint density at radius 1 is 1.07 bits per heavy atom. The summed E-state index contributed by atoms with van der Waals surface area (Å²) in [5, 5.41) is 0.521. The van der Waals surface area contributed by atoms with Crippen LogP contribution in [0.4, 0.5) is 13.2 Å². The van der Waals surface area contributed by atoms with Crippen LogP contribution in [0.15, 0.2) is 58.4 Å². The number of pyridine rings is 1. The number of benzene rings is 2. The molecule has 2 aromatic heterocycles. The van der Waals surface area contributed by atoms with Gasteiger partial charge in [0.1, 0.15) is 0 Å². The normalized spacial score (nSPS) is 11.7. The molecular weight excluding hydrogens is 403 g/mol. The molecule has 152 valence electrons. The first-order valence-corrected chi connectivity index (χ1v) is 8.53. The summed E-state index contributed by atoms with van der Waals surface area (Å²) in [5.74, 6) is -0.630. The summed E-state index contributed by atoms with van der Waals surface area (Å²) in [6.45, 7) is 0. The fourth-order valence-corrected chi connectivity index (χ4v) is 3.18. The number of hydrogen-bond acceptors (Lipinski definition) is 5. The summed E-state index contributed by atoms with van der Waals surface area (Å²) >= 11 is 0. The third kappa shape index (κ3) is 3.11. The molecule has 0 saturated heterocycles. The van der Waals surface area contributed by atoms with Crippen LogP contribution in [-0.4, -0.2) is 27.6 Å². The number of alkyl halides is 3. The Kier molecular flexibility index (Phi) is 4.41. The van der Waals surface area contributed by atoms with Crippen LogP contribution in [0.2, 0.25) is 0 Å². The summed E-state index contributed by atoms with van der Waals surface area (Å²) in [4.78, 5) is 43.9. The highest BCUT2D eigenvalue weighted by molar-refractivity contribution is 5.98. The van der Waals surface area contributed by atoms with Crippen LogP contribution in [0, 0.1) is 0 Å². The first-order valence-electron chi connectivity index (χ1n) is 8.53. The minimum Gasteiger partial charge on any atom is -0.465 e. The van der Waals surface area contributed by atoms with Crippen LogP contribution in [0.5, 0.6) is 0 Å². The van der Waals surface area contributed by atoms with Crippen LogP contribution in [-0.2, 0) is 10.9 Å². The molecule has 0 radical (unpaired) electrons. The Balaban J connectivity index is 2.06. The van der Waals surface area contributed by atoms with Crippen molar-refractivity contribution < 1.29 is 22.7 Å². The van der Waals surface area contributed by atoms with Crippen LogP contribution < -0.4 is 11.2 Å². The minimum atomic E-state index is -4.65. The Hall–Kier alpha value is -3.95. The zero-order valence-corrected chi connectivity index (χ0v) is 15.3. The molecule has 0 aliphatic rings. The molecule has 0 unspecified atom stereocenters. The molecule has 4 aromatic rings. The molecule has 0 amide bonds. The second-order valence-corrected chi connectivity index (χ2v) is 6.41. The number of carbonyl (C=O) groups excluding carboxylic acids is 1. The van der Waals surface area contributed by atoms with Gasteiger partial charge in [-0.25, -0.2) is 14.2 Å². The number of H-pyrrole nitrogens is 1. The molecule has 0 fully saturated rings. The molecule has 2 aromatic carbocycles. The number of aromatic nitrogens is 3. The van der Waals surface area contributed by atoms with Crippen LogP contribution >= 0.6 is 0 Å². The molecule has 0 atom stereocenters. The van der Waals surface area contributed by atoms with Gasteiger partial charge in [-0.2, -0.15) is 13.2 Å². The van der Waals surface area contributed by atoms with Crippen molar-refractivity contribution in [2.45, 2.75) is 6.18 Å². The van der Waals surface area contributed by atoms with E-state index in [-0.39, 0.29) is 22.2 Å². The third-order valence-corrected chi connectivity index (χ3v) is 4.63. The van der Waals surface area contributed by atoms with E-state index in [4.69, 9.17) is 0 Å². The third-order valence-electron chi connectivity index (χ3n) is 4.63. The fourth-order valence-electron chi connectivity index (χ4n) is 3.18. The van der Waals surface area contributed by atoms with Crippen molar-refractivity contribution in [3.05, 3.63) is 80.8 Å². The standard InChI is InChI=1S/C20H12F3N3O4/c1-30-18(28)10-2-3-11-8-24-9-16(13(11)6-10)26-17(27)14-7-12(20(21,22)23)4-5-15(14)25-19(26)29/h2-9H,1H3,(H,25,29). The van der Waals surface area contributed by atoms with Gasteiger partial charge in [0.25, 0.3) is 5.56 Å². The van der Waals surface area contributed by atoms with Crippen molar-refractivity contribution in [2.24, 2.45) is 0 Å². The van der Waals surface area contributed by atoms with Crippen LogP contribution in [0.3, 0.4) is 0 Å². The van der Waals surface area contributed by atoms with E-state index in [1.807, 2.05) is 0 Å². The Labute approximate surface area is 165 Å². The van der Waals surface area contributed by atoms with Gasteiger partial charge in [0.05, 0.1) is 41.0 Å². The predicted octanol–water partition coefficient (Wildman–Crippen LogP) is 3.03. The number of carbonyl (C=O) groups is 1. The zero-order valence-electron chi connectivity index (χ0n) is 15.3. The van der Waals surface area contributed by atoms with Crippen LogP contribution in [0.1, 0.15) is 15.9 Å². The van der Waals surface area contributed by atoms with Crippen molar-refractivity contribution in [2.75, 3.05) is 7.11 Å². The predicted molar refractivity (Wildman–Crippen MR) is 102 cm³/mol. The van der Waals surface area contributed by atoms with E-state index < -0.39 is 29.0 Å². The first-order chi connectivity index (χ1) is 14.2. The molecule has 0 saturated carbocycles. The minimum absolute atomic E-state index is 0.0174. The van der Waals surface area contributed by atoms with E-state index in [9.17, 15) is 27.6 Å². The maximum absolute atomic E-state index is 13.1. The first kappa shape index (κ1) is 19.4. The summed E-state index contributed by atoms with van der Waals surface area (Å²) in [6, 6.07) is 6.96. The molecule has 30 heavy (non-hydrogen) atoms. The number of fused-ring (bicyclic) bond motifs is 2. The Bertz CT molecular complexity index is 1440. The number of halogens is 3. The summed E-state index contributed by atoms with van der Waals surface area (Å²) in [7, 11) is 1.21. The molecule has 0 bridgehead atoms. The van der Waals surface area contributed by atoms with Crippen molar-refractivity contribution in [1.82, 2.24) is 14.5 Å². The van der Waals surface area contributed by atoms with Gasteiger partial charge in [-0.05, 0) is 30.3 Å². The number of nitrogens with one attached hydrogen (secondary N) is 1. The van der Waals surface area contributed by atoms with Crippen LogP contribution in [0.25, 0.3) is 27.4 Å². The molecule has 0 spiro atoms. The monoisotopic (exact) mass is 415 g/mol. The van der Waals surface area contributed by atoms with E-state index in [2.05, 4.69) is 14.7 Å². The van der Waals surface area contributed by atoms with E-state index in [0.29, 0.717) is 21.4 Å². The lowest BCUT2D eigenvalue weighted by molar-refractivity contribution is -0.137. The van der Waals surface area contributed by atoms with E-state index in [1.54, 1.807) is 6.07 Å². The number of nitrogens with zero attached hydrogens (tertiary/aromatic N) is 2. The van der Waals surface area contributed by atoms with Gasteiger partial charge in [-0.1, -0.05) is 6.07 Å². The molecule has 0 aliphatic carbocycles. The highest BCUT2D eigenvalue weighted by Crippen LogP contribution is 2.30. The quantitative estimate of drug-likeness (QED) is 0.508. The number of hydrogen-bond donors (Lipinski definition) is 1. The molecular formula is C20H12F3N3O4. The second kappa shape index (κ2) is 6.83. The topological polar surface area (TPSA) is 94.0 Å². The second-order valence-electron chi connectivity index (χ2n) is 6.41.